The van der Waals surface area contributed by atoms with Crippen molar-refractivity contribution in [2.45, 2.75) is 25.3 Å². The molecule has 0 saturated carbocycles. The lowest BCUT2D eigenvalue weighted by Crippen LogP contribution is -2.28. The first-order valence-electron chi connectivity index (χ1n) is 4.32. The van der Waals surface area contributed by atoms with Crippen molar-refractivity contribution in [3.05, 3.63) is 0 Å². The lowest BCUT2D eigenvalue weighted by molar-refractivity contribution is -0.136. The summed E-state index contributed by atoms with van der Waals surface area (Å²) in [6.45, 7) is 0.899. The standard InChI is InChI=1S/C8H13NO3S/c10-7(11)3-5-13-8(12)6-2-1-4-9-6/h6,9H,1-5H2,(H,10,11)/t6-/m0/s1. The van der Waals surface area contributed by atoms with Gasteiger partial charge in [-0.25, -0.2) is 0 Å². The van der Waals surface area contributed by atoms with Crippen LogP contribution in [0.4, 0.5) is 0 Å². The zero-order chi connectivity index (χ0) is 9.68. The highest BCUT2D eigenvalue weighted by Crippen LogP contribution is 2.14. The van der Waals surface area contributed by atoms with Gasteiger partial charge in [-0.05, 0) is 19.4 Å². The molecule has 0 spiro atoms. The van der Waals surface area contributed by atoms with Gasteiger partial charge in [-0.2, -0.15) is 0 Å². The van der Waals surface area contributed by atoms with Crippen molar-refractivity contribution in [2.24, 2.45) is 0 Å². The minimum absolute atomic E-state index is 0.0428. The maximum Gasteiger partial charge on any atom is 0.304 e. The Morgan fingerprint density at radius 3 is 2.85 bits per heavy atom. The van der Waals surface area contributed by atoms with Crippen molar-refractivity contribution < 1.29 is 14.7 Å². The Balaban J connectivity index is 2.13. The number of aliphatic carboxylic acids is 1. The number of rotatable bonds is 4. The first kappa shape index (κ1) is 10.5. The fourth-order valence-corrected chi connectivity index (χ4v) is 2.11. The quantitative estimate of drug-likeness (QED) is 0.695. The van der Waals surface area contributed by atoms with E-state index >= 15 is 0 Å². The van der Waals surface area contributed by atoms with Crippen LogP contribution in [-0.4, -0.2) is 34.5 Å². The van der Waals surface area contributed by atoms with Crippen LogP contribution in [0.15, 0.2) is 0 Å². The minimum atomic E-state index is -0.848. The van der Waals surface area contributed by atoms with Crippen LogP contribution in [0, 0.1) is 0 Å². The summed E-state index contributed by atoms with van der Waals surface area (Å²) in [5.41, 5.74) is 0. The third-order valence-corrected chi connectivity index (χ3v) is 2.88. The molecule has 5 heteroatoms. The first-order valence-corrected chi connectivity index (χ1v) is 5.30. The number of hydrogen-bond acceptors (Lipinski definition) is 4. The number of carboxylic acid groups (broad SMARTS) is 1. The van der Waals surface area contributed by atoms with Gasteiger partial charge in [0.1, 0.15) is 0 Å². The summed E-state index contributed by atoms with van der Waals surface area (Å²) in [6.07, 6.45) is 1.98. The fourth-order valence-electron chi connectivity index (χ4n) is 1.23. The predicted molar refractivity (Wildman–Crippen MR) is 50.7 cm³/mol. The van der Waals surface area contributed by atoms with Crippen LogP contribution < -0.4 is 5.32 Å². The van der Waals surface area contributed by atoms with E-state index in [4.69, 9.17) is 5.11 Å². The van der Waals surface area contributed by atoms with E-state index in [1.807, 2.05) is 0 Å². The first-order chi connectivity index (χ1) is 6.20. The van der Waals surface area contributed by atoms with Crippen LogP contribution in [0.3, 0.4) is 0 Å². The molecule has 1 aliphatic rings. The average molecular weight is 203 g/mol. The van der Waals surface area contributed by atoms with Crippen LogP contribution >= 0.6 is 11.8 Å². The van der Waals surface area contributed by atoms with Gasteiger partial charge in [0, 0.05) is 5.75 Å². The molecule has 4 nitrogen and oxygen atoms in total. The third-order valence-electron chi connectivity index (χ3n) is 1.91. The second-order valence-corrected chi connectivity index (χ2v) is 4.06. The molecule has 0 aliphatic carbocycles. The Morgan fingerprint density at radius 1 is 1.54 bits per heavy atom. The smallest absolute Gasteiger partial charge is 0.304 e. The van der Waals surface area contributed by atoms with Gasteiger partial charge in [-0.3, -0.25) is 9.59 Å². The highest BCUT2D eigenvalue weighted by molar-refractivity contribution is 8.13. The van der Waals surface area contributed by atoms with Crippen LogP contribution in [0.1, 0.15) is 19.3 Å². The molecule has 1 heterocycles. The molecule has 0 aromatic heterocycles. The Bertz CT molecular complexity index is 202. The van der Waals surface area contributed by atoms with Crippen molar-refractivity contribution in [3.63, 3.8) is 0 Å². The highest BCUT2D eigenvalue weighted by atomic mass is 32.2. The zero-order valence-electron chi connectivity index (χ0n) is 7.28. The molecule has 0 bridgehead atoms. The molecular formula is C8H13NO3S. The van der Waals surface area contributed by atoms with E-state index in [0.29, 0.717) is 5.75 Å². The molecule has 0 aromatic carbocycles. The average Bonchev–Trinajstić information content (AvgIpc) is 2.55. The molecule has 1 aliphatic heterocycles. The highest BCUT2D eigenvalue weighted by Gasteiger charge is 2.21. The van der Waals surface area contributed by atoms with Crippen molar-refractivity contribution >= 4 is 22.8 Å². The monoisotopic (exact) mass is 203 g/mol. The summed E-state index contributed by atoms with van der Waals surface area (Å²) in [7, 11) is 0. The van der Waals surface area contributed by atoms with Gasteiger partial charge in [0.05, 0.1) is 12.5 Å². The lowest BCUT2D eigenvalue weighted by Gasteiger charge is -2.06. The minimum Gasteiger partial charge on any atom is -0.481 e. The Hall–Kier alpha value is -0.550. The summed E-state index contributed by atoms with van der Waals surface area (Å²) < 4.78 is 0. The molecule has 0 amide bonds. The van der Waals surface area contributed by atoms with Crippen molar-refractivity contribution in [1.82, 2.24) is 5.32 Å². The van der Waals surface area contributed by atoms with E-state index in [2.05, 4.69) is 5.32 Å². The Labute approximate surface area is 81.1 Å². The molecule has 1 fully saturated rings. The van der Waals surface area contributed by atoms with Crippen molar-refractivity contribution in [2.75, 3.05) is 12.3 Å². The van der Waals surface area contributed by atoms with Gasteiger partial charge in [0.15, 0.2) is 0 Å². The second kappa shape index (κ2) is 5.24. The van der Waals surface area contributed by atoms with Gasteiger partial charge in [-0.15, -0.1) is 0 Å². The molecule has 13 heavy (non-hydrogen) atoms. The third kappa shape index (κ3) is 3.78. The van der Waals surface area contributed by atoms with Crippen molar-refractivity contribution in [1.29, 1.82) is 0 Å². The molecule has 1 atom stereocenters. The van der Waals surface area contributed by atoms with Gasteiger partial charge >= 0.3 is 5.97 Å². The van der Waals surface area contributed by atoms with E-state index in [9.17, 15) is 9.59 Å². The molecule has 2 N–H and O–H groups in total. The maximum absolute atomic E-state index is 11.3. The van der Waals surface area contributed by atoms with Crippen LogP contribution in [-0.2, 0) is 9.59 Å². The van der Waals surface area contributed by atoms with Crippen LogP contribution in [0.5, 0.6) is 0 Å². The summed E-state index contributed by atoms with van der Waals surface area (Å²) in [6, 6.07) is -0.0428. The fraction of sp³-hybridized carbons (Fsp3) is 0.750. The van der Waals surface area contributed by atoms with E-state index in [1.165, 1.54) is 0 Å². The Kier molecular flexibility index (Phi) is 4.24. The molecule has 0 radical (unpaired) electrons. The summed E-state index contributed by atoms with van der Waals surface area (Å²) >= 11 is 1.12. The number of carbonyl (C=O) groups is 2. The van der Waals surface area contributed by atoms with Crippen molar-refractivity contribution in [3.8, 4) is 0 Å². The molecule has 74 valence electrons. The second-order valence-electron chi connectivity index (χ2n) is 2.96. The van der Waals surface area contributed by atoms with Crippen LogP contribution in [0.25, 0.3) is 0 Å². The molecule has 1 saturated heterocycles. The number of carbonyl (C=O) groups excluding carboxylic acids is 1. The van der Waals surface area contributed by atoms with Gasteiger partial charge in [0.2, 0.25) is 5.12 Å². The molecular weight excluding hydrogens is 190 g/mol. The molecule has 0 unspecified atom stereocenters. The largest absolute Gasteiger partial charge is 0.481 e. The van der Waals surface area contributed by atoms with E-state index in [1.54, 1.807) is 0 Å². The molecule has 1 rings (SSSR count). The number of nitrogens with one attached hydrogen (secondary N) is 1. The number of carboxylic acids is 1. The van der Waals surface area contributed by atoms with E-state index in [0.717, 1.165) is 31.1 Å². The summed E-state index contributed by atoms with van der Waals surface area (Å²) in [5.74, 6) is -0.466. The van der Waals surface area contributed by atoms with Gasteiger partial charge in [-0.1, -0.05) is 11.8 Å². The lowest BCUT2D eigenvalue weighted by atomic mass is 10.2. The number of hydrogen-bond donors (Lipinski definition) is 2. The Morgan fingerprint density at radius 2 is 2.31 bits per heavy atom. The zero-order valence-corrected chi connectivity index (χ0v) is 8.10. The topological polar surface area (TPSA) is 66.4 Å². The van der Waals surface area contributed by atoms with Gasteiger partial charge < -0.3 is 10.4 Å². The van der Waals surface area contributed by atoms with Crippen LogP contribution in [0.2, 0.25) is 0 Å². The summed E-state index contributed by atoms with van der Waals surface area (Å²) in [5, 5.41) is 11.5. The normalized spacial score (nSPS) is 21.7. The van der Waals surface area contributed by atoms with E-state index < -0.39 is 5.97 Å². The predicted octanol–water partition coefficient (Wildman–Crippen LogP) is 0.473. The van der Waals surface area contributed by atoms with E-state index in [-0.39, 0.29) is 17.6 Å². The SMILES string of the molecule is O=C(O)CCSC(=O)[C@@H]1CCCN1. The summed E-state index contributed by atoms with van der Waals surface area (Å²) in [4.78, 5) is 21.5. The maximum atomic E-state index is 11.3. The van der Waals surface area contributed by atoms with Gasteiger partial charge in [0.25, 0.3) is 0 Å². The molecule has 0 aromatic rings. The number of thioether (sulfide) groups is 1.